The van der Waals surface area contributed by atoms with Gasteiger partial charge in [-0.1, -0.05) is 12.1 Å². The average molecular weight is 456 g/mol. The molecule has 5 N–H and O–H groups in total. The summed E-state index contributed by atoms with van der Waals surface area (Å²) < 4.78 is 31.7. The number of carbonyl (C=O) groups excluding carboxylic acids is 1. The number of nitrogens with two attached hydrogens (primary N) is 2. The van der Waals surface area contributed by atoms with Crippen LogP contribution in [0.1, 0.15) is 69.4 Å². The van der Waals surface area contributed by atoms with Gasteiger partial charge in [-0.3, -0.25) is 4.79 Å². The molecule has 2 aliphatic rings. The van der Waals surface area contributed by atoms with Crippen LogP contribution in [-0.4, -0.2) is 46.7 Å². The fourth-order valence-electron chi connectivity index (χ4n) is 4.01. The Hall–Kier alpha value is -2.55. The SMILES string of the molecule is CC(C)(N)C(=O)N1CCC(c2ccc(N)c(C3=CCCCC3)c2)CC1.O=C(O)C(F)(F)F. The molecule has 0 saturated carbocycles. The van der Waals surface area contributed by atoms with Crippen LogP contribution in [0.4, 0.5) is 18.9 Å². The Morgan fingerprint density at radius 3 is 2.19 bits per heavy atom. The Morgan fingerprint density at radius 1 is 1.12 bits per heavy atom. The zero-order chi connectivity index (χ0) is 24.1. The summed E-state index contributed by atoms with van der Waals surface area (Å²) in [6, 6.07) is 6.51. The van der Waals surface area contributed by atoms with Crippen LogP contribution in [0.2, 0.25) is 0 Å². The van der Waals surface area contributed by atoms with Gasteiger partial charge in [-0.15, -0.1) is 0 Å². The second-order valence-electron chi connectivity index (χ2n) is 8.91. The van der Waals surface area contributed by atoms with E-state index in [1.54, 1.807) is 13.8 Å². The molecular weight excluding hydrogens is 423 g/mol. The van der Waals surface area contributed by atoms with Gasteiger partial charge in [0.15, 0.2) is 0 Å². The third-order valence-electron chi connectivity index (χ3n) is 5.76. The lowest BCUT2D eigenvalue weighted by Gasteiger charge is -2.36. The predicted molar refractivity (Wildman–Crippen MR) is 118 cm³/mol. The van der Waals surface area contributed by atoms with Crippen LogP contribution >= 0.6 is 0 Å². The van der Waals surface area contributed by atoms with Crippen LogP contribution in [0.5, 0.6) is 0 Å². The maximum atomic E-state index is 12.3. The van der Waals surface area contributed by atoms with Gasteiger partial charge < -0.3 is 21.5 Å². The van der Waals surface area contributed by atoms with Crippen molar-refractivity contribution in [3.63, 3.8) is 0 Å². The maximum absolute atomic E-state index is 12.3. The summed E-state index contributed by atoms with van der Waals surface area (Å²) in [6.45, 7) is 5.14. The van der Waals surface area contributed by atoms with Crippen molar-refractivity contribution >= 4 is 23.1 Å². The monoisotopic (exact) mass is 455 g/mol. The number of carboxylic acid groups (broad SMARTS) is 1. The number of nitrogens with zero attached hydrogens (tertiary/aromatic N) is 1. The summed E-state index contributed by atoms with van der Waals surface area (Å²) in [6.07, 6.45) is 4.08. The summed E-state index contributed by atoms with van der Waals surface area (Å²) in [4.78, 5) is 23.2. The van der Waals surface area contributed by atoms with Crippen molar-refractivity contribution < 1.29 is 27.9 Å². The summed E-state index contributed by atoms with van der Waals surface area (Å²) in [5.41, 5.74) is 16.3. The van der Waals surface area contributed by atoms with E-state index in [0.717, 1.165) is 44.5 Å². The van der Waals surface area contributed by atoms with Crippen molar-refractivity contribution in [3.05, 3.63) is 35.4 Å². The van der Waals surface area contributed by atoms with Crippen LogP contribution in [0.3, 0.4) is 0 Å². The normalized spacial score (nSPS) is 17.8. The Bertz CT molecular complexity index is 852. The van der Waals surface area contributed by atoms with Crippen molar-refractivity contribution in [2.45, 2.75) is 70.0 Å². The number of allylic oxidation sites excluding steroid dienone is 2. The quantitative estimate of drug-likeness (QED) is 0.589. The van der Waals surface area contributed by atoms with Gasteiger partial charge in [0.05, 0.1) is 5.54 Å². The zero-order valence-corrected chi connectivity index (χ0v) is 18.5. The van der Waals surface area contributed by atoms with Crippen LogP contribution in [0.15, 0.2) is 24.3 Å². The minimum atomic E-state index is -5.08. The second-order valence-corrected chi connectivity index (χ2v) is 8.91. The number of carboxylic acids is 1. The van der Waals surface area contributed by atoms with E-state index >= 15 is 0 Å². The Balaban J connectivity index is 0.000000451. The van der Waals surface area contributed by atoms with Crippen molar-refractivity contribution in [2.24, 2.45) is 5.73 Å². The number of rotatable bonds is 3. The lowest BCUT2D eigenvalue weighted by atomic mass is 9.85. The molecule has 1 saturated heterocycles. The van der Waals surface area contributed by atoms with E-state index in [-0.39, 0.29) is 5.91 Å². The fraction of sp³-hybridized carbons (Fsp3) is 0.565. The van der Waals surface area contributed by atoms with Gasteiger partial charge in [-0.2, -0.15) is 13.2 Å². The highest BCUT2D eigenvalue weighted by atomic mass is 19.4. The van der Waals surface area contributed by atoms with E-state index in [0.29, 0.717) is 5.92 Å². The van der Waals surface area contributed by atoms with Gasteiger partial charge in [0, 0.05) is 24.3 Å². The molecule has 6 nitrogen and oxygen atoms in total. The summed E-state index contributed by atoms with van der Waals surface area (Å²) in [5.74, 6) is -2.21. The first-order valence-electron chi connectivity index (χ1n) is 10.8. The van der Waals surface area contributed by atoms with Crippen molar-refractivity contribution in [1.29, 1.82) is 0 Å². The van der Waals surface area contributed by atoms with Crippen LogP contribution in [-0.2, 0) is 9.59 Å². The summed E-state index contributed by atoms with van der Waals surface area (Å²) >= 11 is 0. The van der Waals surface area contributed by atoms with E-state index in [1.165, 1.54) is 29.5 Å². The molecular formula is C23H32F3N3O3. The third kappa shape index (κ3) is 6.98. The molecule has 1 heterocycles. The van der Waals surface area contributed by atoms with Gasteiger partial charge in [-0.05, 0) is 81.6 Å². The standard InChI is InChI=1S/C21H31N3O.C2HF3O2/c1-21(2,23)20(25)24-12-10-15(11-13-24)17-8-9-19(22)18(14-17)16-6-4-3-5-7-16;3-2(4,5)1(6)7/h6,8-9,14-15H,3-5,7,10-13,22-23H2,1-2H3;(H,6,7). The Labute approximate surface area is 186 Å². The first-order chi connectivity index (χ1) is 14.8. The molecule has 32 heavy (non-hydrogen) atoms. The lowest BCUT2D eigenvalue weighted by Crippen LogP contribution is -2.53. The van der Waals surface area contributed by atoms with Gasteiger partial charge in [-0.25, -0.2) is 4.79 Å². The molecule has 1 fully saturated rings. The smallest absolute Gasteiger partial charge is 0.475 e. The van der Waals surface area contributed by atoms with E-state index in [1.807, 2.05) is 4.90 Å². The lowest BCUT2D eigenvalue weighted by molar-refractivity contribution is -0.192. The minimum absolute atomic E-state index is 0.0521. The topological polar surface area (TPSA) is 110 Å². The summed E-state index contributed by atoms with van der Waals surface area (Å²) in [5, 5.41) is 7.12. The molecule has 1 amide bonds. The minimum Gasteiger partial charge on any atom is -0.475 e. The maximum Gasteiger partial charge on any atom is 0.490 e. The molecule has 3 rings (SSSR count). The molecule has 0 unspecified atom stereocenters. The molecule has 0 spiro atoms. The molecule has 0 radical (unpaired) electrons. The number of hydrogen-bond acceptors (Lipinski definition) is 4. The number of carbonyl (C=O) groups is 2. The number of piperidine rings is 1. The largest absolute Gasteiger partial charge is 0.490 e. The first-order valence-corrected chi connectivity index (χ1v) is 10.8. The van der Waals surface area contributed by atoms with E-state index < -0.39 is 17.7 Å². The number of nitrogen functional groups attached to an aromatic ring is 1. The highest BCUT2D eigenvalue weighted by Crippen LogP contribution is 2.35. The van der Waals surface area contributed by atoms with Crippen LogP contribution in [0, 0.1) is 0 Å². The number of anilines is 1. The molecule has 0 atom stereocenters. The number of alkyl halides is 3. The fourth-order valence-corrected chi connectivity index (χ4v) is 4.01. The molecule has 178 valence electrons. The van der Waals surface area contributed by atoms with Gasteiger partial charge in [0.1, 0.15) is 0 Å². The molecule has 1 aliphatic heterocycles. The third-order valence-corrected chi connectivity index (χ3v) is 5.76. The van der Waals surface area contributed by atoms with Gasteiger partial charge in [0.25, 0.3) is 0 Å². The van der Waals surface area contributed by atoms with E-state index in [4.69, 9.17) is 21.4 Å². The molecule has 0 aromatic heterocycles. The number of likely N-dealkylation sites (tertiary alicyclic amines) is 1. The number of aliphatic carboxylic acids is 1. The molecule has 1 aliphatic carbocycles. The molecule has 1 aromatic carbocycles. The molecule has 9 heteroatoms. The van der Waals surface area contributed by atoms with Crippen LogP contribution in [0.25, 0.3) is 5.57 Å². The molecule has 1 aromatic rings. The summed E-state index contributed by atoms with van der Waals surface area (Å²) in [7, 11) is 0. The number of benzene rings is 1. The zero-order valence-electron chi connectivity index (χ0n) is 18.5. The van der Waals surface area contributed by atoms with E-state index in [2.05, 4.69) is 24.3 Å². The Kier molecular flexibility index (Phi) is 8.34. The van der Waals surface area contributed by atoms with Gasteiger partial charge >= 0.3 is 12.1 Å². The van der Waals surface area contributed by atoms with E-state index in [9.17, 15) is 18.0 Å². The highest BCUT2D eigenvalue weighted by molar-refractivity contribution is 5.85. The second kappa shape index (κ2) is 10.4. The predicted octanol–water partition coefficient (Wildman–Crippen LogP) is 4.30. The Morgan fingerprint density at radius 2 is 1.72 bits per heavy atom. The first kappa shape index (κ1) is 25.7. The van der Waals surface area contributed by atoms with Gasteiger partial charge in [0.2, 0.25) is 5.91 Å². The number of halogens is 3. The number of amides is 1. The number of hydrogen-bond donors (Lipinski definition) is 3. The highest BCUT2D eigenvalue weighted by Gasteiger charge is 2.38. The van der Waals surface area contributed by atoms with Crippen molar-refractivity contribution in [3.8, 4) is 0 Å². The molecule has 0 bridgehead atoms. The average Bonchev–Trinajstić information content (AvgIpc) is 2.73. The van der Waals surface area contributed by atoms with Crippen LogP contribution < -0.4 is 11.5 Å². The van der Waals surface area contributed by atoms with Crippen molar-refractivity contribution in [1.82, 2.24) is 4.90 Å². The van der Waals surface area contributed by atoms with Crippen molar-refractivity contribution in [2.75, 3.05) is 18.8 Å².